The van der Waals surface area contributed by atoms with E-state index in [9.17, 15) is 0 Å². The molecule has 1 aliphatic heterocycles. The Bertz CT molecular complexity index is 601. The molecule has 1 aromatic carbocycles. The van der Waals surface area contributed by atoms with Crippen molar-refractivity contribution in [2.45, 2.75) is 19.5 Å². The second-order valence-corrected chi connectivity index (χ2v) is 5.23. The van der Waals surface area contributed by atoms with E-state index in [0.717, 1.165) is 48.6 Å². The molecule has 1 atom stereocenters. The molecule has 20 heavy (non-hydrogen) atoms. The molecular weight excluding hydrogens is 252 g/mol. The lowest BCUT2D eigenvalue weighted by molar-refractivity contribution is -0.00430. The van der Waals surface area contributed by atoms with Crippen LogP contribution in [0.25, 0.3) is 10.9 Å². The summed E-state index contributed by atoms with van der Waals surface area (Å²) in [5.74, 6) is 6.38. The molecule has 0 saturated carbocycles. The van der Waals surface area contributed by atoms with Crippen LogP contribution in [-0.2, 0) is 11.3 Å². The van der Waals surface area contributed by atoms with Gasteiger partial charge in [-0.2, -0.15) is 0 Å². The number of nitrogens with zero attached hydrogens (tertiary/aromatic N) is 2. The fraction of sp³-hybridized carbons (Fsp3) is 0.400. The molecule has 5 nitrogen and oxygen atoms in total. The topological polar surface area (TPSA) is 63.4 Å². The number of hydrazine groups is 1. The first-order valence-electron chi connectivity index (χ1n) is 6.95. The molecule has 1 aromatic heterocycles. The highest BCUT2D eigenvalue weighted by Gasteiger charge is 2.20. The third-order valence-corrected chi connectivity index (χ3v) is 3.82. The number of nitrogens with one attached hydrogen (secondary N) is 1. The lowest BCUT2D eigenvalue weighted by Crippen LogP contribution is -2.43. The van der Waals surface area contributed by atoms with Gasteiger partial charge in [-0.25, -0.2) is 10.8 Å². The van der Waals surface area contributed by atoms with Crippen molar-refractivity contribution < 1.29 is 4.74 Å². The van der Waals surface area contributed by atoms with Crippen LogP contribution in [0.4, 0.5) is 5.82 Å². The van der Waals surface area contributed by atoms with E-state index in [-0.39, 0.29) is 0 Å². The molecule has 5 heteroatoms. The Morgan fingerprint density at radius 2 is 2.30 bits per heavy atom. The molecule has 1 fully saturated rings. The Morgan fingerprint density at radius 1 is 1.45 bits per heavy atom. The first-order valence-corrected chi connectivity index (χ1v) is 6.95. The standard InChI is InChI=1S/C15H20N4O/c1-11-10-20-7-6-19(11)9-13-8-12-4-2-3-5-14(12)17-15(13)18-16/h2-5,8,11H,6-7,9-10,16H2,1H3,(H,17,18). The summed E-state index contributed by atoms with van der Waals surface area (Å²) in [4.78, 5) is 6.99. The number of anilines is 1. The van der Waals surface area contributed by atoms with Gasteiger partial charge < -0.3 is 10.2 Å². The van der Waals surface area contributed by atoms with Gasteiger partial charge in [-0.15, -0.1) is 0 Å². The largest absolute Gasteiger partial charge is 0.379 e. The summed E-state index contributed by atoms with van der Waals surface area (Å²) in [5, 5.41) is 1.14. The molecule has 0 bridgehead atoms. The maximum Gasteiger partial charge on any atom is 0.145 e. The molecule has 1 saturated heterocycles. The average Bonchev–Trinajstić information content (AvgIpc) is 2.49. The number of hydrogen-bond donors (Lipinski definition) is 2. The van der Waals surface area contributed by atoms with E-state index in [1.807, 2.05) is 18.2 Å². The quantitative estimate of drug-likeness (QED) is 0.658. The second kappa shape index (κ2) is 5.75. The fourth-order valence-corrected chi connectivity index (χ4v) is 2.62. The van der Waals surface area contributed by atoms with Gasteiger partial charge in [0.2, 0.25) is 0 Å². The molecule has 0 amide bonds. The zero-order chi connectivity index (χ0) is 13.9. The van der Waals surface area contributed by atoms with Crippen LogP contribution in [0.2, 0.25) is 0 Å². The van der Waals surface area contributed by atoms with Crippen molar-refractivity contribution in [2.75, 3.05) is 25.2 Å². The second-order valence-electron chi connectivity index (χ2n) is 5.23. The Labute approximate surface area is 118 Å². The van der Waals surface area contributed by atoms with Crippen LogP contribution in [0.1, 0.15) is 12.5 Å². The molecule has 1 unspecified atom stereocenters. The van der Waals surface area contributed by atoms with Gasteiger partial charge in [-0.1, -0.05) is 18.2 Å². The zero-order valence-corrected chi connectivity index (χ0v) is 11.7. The van der Waals surface area contributed by atoms with E-state index in [1.165, 1.54) is 0 Å². The van der Waals surface area contributed by atoms with E-state index in [0.29, 0.717) is 6.04 Å². The predicted molar refractivity (Wildman–Crippen MR) is 80.2 cm³/mol. The van der Waals surface area contributed by atoms with Crippen LogP contribution in [0.3, 0.4) is 0 Å². The van der Waals surface area contributed by atoms with Crippen molar-refractivity contribution >= 4 is 16.7 Å². The van der Waals surface area contributed by atoms with Gasteiger partial charge in [0.05, 0.1) is 18.7 Å². The van der Waals surface area contributed by atoms with Crippen molar-refractivity contribution in [2.24, 2.45) is 5.84 Å². The molecule has 0 aliphatic carbocycles. The summed E-state index contributed by atoms with van der Waals surface area (Å²) in [6.07, 6.45) is 0. The molecule has 2 heterocycles. The highest BCUT2D eigenvalue weighted by atomic mass is 16.5. The first kappa shape index (κ1) is 13.3. The lowest BCUT2D eigenvalue weighted by atomic mass is 10.1. The number of para-hydroxylation sites is 1. The minimum Gasteiger partial charge on any atom is -0.379 e. The van der Waals surface area contributed by atoms with E-state index in [2.05, 4.69) is 34.4 Å². The number of nitrogens with two attached hydrogens (primary N) is 1. The number of pyridine rings is 1. The van der Waals surface area contributed by atoms with Gasteiger partial charge in [0, 0.05) is 30.1 Å². The molecule has 3 rings (SSSR count). The summed E-state index contributed by atoms with van der Waals surface area (Å²) >= 11 is 0. The number of rotatable bonds is 3. The summed E-state index contributed by atoms with van der Waals surface area (Å²) in [6, 6.07) is 10.7. The third-order valence-electron chi connectivity index (χ3n) is 3.82. The van der Waals surface area contributed by atoms with Crippen LogP contribution >= 0.6 is 0 Å². The van der Waals surface area contributed by atoms with Crippen LogP contribution < -0.4 is 11.3 Å². The highest BCUT2D eigenvalue weighted by Crippen LogP contribution is 2.22. The van der Waals surface area contributed by atoms with Crippen molar-refractivity contribution in [3.63, 3.8) is 0 Å². The van der Waals surface area contributed by atoms with E-state index in [4.69, 9.17) is 10.6 Å². The Kier molecular flexibility index (Phi) is 3.82. The number of nitrogen functional groups attached to an aromatic ring is 1. The van der Waals surface area contributed by atoms with Gasteiger partial charge in [-0.3, -0.25) is 4.90 Å². The number of hydrogen-bond acceptors (Lipinski definition) is 5. The minimum absolute atomic E-state index is 0.417. The monoisotopic (exact) mass is 272 g/mol. The molecular formula is C15H20N4O. The van der Waals surface area contributed by atoms with Crippen LogP contribution in [0, 0.1) is 0 Å². The molecule has 3 N–H and O–H groups in total. The number of aromatic nitrogens is 1. The van der Waals surface area contributed by atoms with Gasteiger partial charge in [0.15, 0.2) is 0 Å². The third kappa shape index (κ3) is 2.60. The first-order chi connectivity index (χ1) is 9.78. The van der Waals surface area contributed by atoms with Gasteiger partial charge >= 0.3 is 0 Å². The molecule has 0 spiro atoms. The van der Waals surface area contributed by atoms with E-state index >= 15 is 0 Å². The van der Waals surface area contributed by atoms with Crippen molar-refractivity contribution in [1.29, 1.82) is 0 Å². The smallest absolute Gasteiger partial charge is 0.145 e. The maximum absolute atomic E-state index is 5.63. The normalized spacial score (nSPS) is 20.2. The summed E-state index contributed by atoms with van der Waals surface area (Å²) in [7, 11) is 0. The van der Waals surface area contributed by atoms with Gasteiger partial charge in [-0.05, 0) is 19.1 Å². The van der Waals surface area contributed by atoms with Crippen LogP contribution in [-0.4, -0.2) is 35.7 Å². The maximum atomic E-state index is 5.63. The fourth-order valence-electron chi connectivity index (χ4n) is 2.62. The predicted octanol–water partition coefficient (Wildman–Crippen LogP) is 1.74. The molecule has 2 aromatic rings. The van der Waals surface area contributed by atoms with Crippen molar-refractivity contribution in [3.05, 3.63) is 35.9 Å². The Morgan fingerprint density at radius 3 is 3.10 bits per heavy atom. The van der Waals surface area contributed by atoms with Crippen LogP contribution in [0.5, 0.6) is 0 Å². The number of fused-ring (bicyclic) bond motifs is 1. The SMILES string of the molecule is CC1COCCN1Cc1cc2ccccc2nc1NN. The zero-order valence-electron chi connectivity index (χ0n) is 11.7. The average molecular weight is 272 g/mol. The van der Waals surface area contributed by atoms with Crippen molar-refractivity contribution in [3.8, 4) is 0 Å². The van der Waals surface area contributed by atoms with Gasteiger partial charge in [0.25, 0.3) is 0 Å². The molecule has 1 aliphatic rings. The summed E-state index contributed by atoms with van der Waals surface area (Å²) in [6.45, 7) is 5.53. The lowest BCUT2D eigenvalue weighted by Gasteiger charge is -2.33. The number of benzene rings is 1. The van der Waals surface area contributed by atoms with E-state index < -0.39 is 0 Å². The van der Waals surface area contributed by atoms with Gasteiger partial charge in [0.1, 0.15) is 5.82 Å². The van der Waals surface area contributed by atoms with E-state index in [1.54, 1.807) is 0 Å². The van der Waals surface area contributed by atoms with Crippen molar-refractivity contribution in [1.82, 2.24) is 9.88 Å². The molecule has 106 valence electrons. The summed E-state index contributed by atoms with van der Waals surface area (Å²) in [5.41, 5.74) is 4.81. The van der Waals surface area contributed by atoms with Crippen LogP contribution in [0.15, 0.2) is 30.3 Å². The Balaban J connectivity index is 1.92. The molecule has 0 radical (unpaired) electrons. The highest BCUT2D eigenvalue weighted by molar-refractivity contribution is 5.81. The summed E-state index contributed by atoms with van der Waals surface area (Å²) < 4.78 is 5.48. The number of morpholine rings is 1. The number of ether oxygens (including phenoxy) is 1. The minimum atomic E-state index is 0.417. The Hall–Kier alpha value is -1.69.